The standard InChI is InChI=1S/C16H16FN5OS/c1-21-6-5-18-16(21)24-11-15(23)19-8-12-9-20-22(10-12)14-4-2-3-13(17)7-14/h2-7,9-10H,8,11H2,1H3,(H,19,23). The zero-order chi connectivity index (χ0) is 16.9. The predicted octanol–water partition coefficient (Wildman–Crippen LogP) is 2.15. The maximum Gasteiger partial charge on any atom is 0.230 e. The molecule has 0 aliphatic carbocycles. The molecule has 0 unspecified atom stereocenters. The fourth-order valence-electron chi connectivity index (χ4n) is 2.08. The van der Waals surface area contributed by atoms with Crippen LogP contribution in [0.15, 0.2) is 54.2 Å². The first-order valence-electron chi connectivity index (χ1n) is 7.28. The van der Waals surface area contributed by atoms with Crippen molar-refractivity contribution in [2.45, 2.75) is 11.7 Å². The van der Waals surface area contributed by atoms with Gasteiger partial charge >= 0.3 is 0 Å². The Morgan fingerprint density at radius 2 is 2.29 bits per heavy atom. The van der Waals surface area contributed by atoms with Crippen LogP contribution in [-0.4, -0.2) is 31.0 Å². The van der Waals surface area contributed by atoms with Crippen LogP contribution in [0.25, 0.3) is 5.69 Å². The largest absolute Gasteiger partial charge is 0.351 e. The summed E-state index contributed by atoms with van der Waals surface area (Å²) in [4.78, 5) is 16.1. The van der Waals surface area contributed by atoms with Gasteiger partial charge in [0, 0.05) is 37.7 Å². The molecule has 2 aromatic heterocycles. The monoisotopic (exact) mass is 345 g/mol. The van der Waals surface area contributed by atoms with Crippen LogP contribution in [0.2, 0.25) is 0 Å². The summed E-state index contributed by atoms with van der Waals surface area (Å²) in [6.07, 6.45) is 6.94. The highest BCUT2D eigenvalue weighted by Gasteiger charge is 2.07. The van der Waals surface area contributed by atoms with Crippen molar-refractivity contribution < 1.29 is 9.18 Å². The van der Waals surface area contributed by atoms with E-state index in [1.54, 1.807) is 35.4 Å². The van der Waals surface area contributed by atoms with Crippen molar-refractivity contribution in [2.75, 3.05) is 5.75 Å². The number of thioether (sulfide) groups is 1. The molecule has 0 saturated carbocycles. The fourth-order valence-corrected chi connectivity index (χ4v) is 2.85. The van der Waals surface area contributed by atoms with Gasteiger partial charge in [0.05, 0.1) is 17.6 Å². The van der Waals surface area contributed by atoms with Gasteiger partial charge in [-0.3, -0.25) is 4.79 Å². The topological polar surface area (TPSA) is 64.7 Å². The Kier molecular flexibility index (Phi) is 4.95. The van der Waals surface area contributed by atoms with E-state index < -0.39 is 0 Å². The number of amides is 1. The summed E-state index contributed by atoms with van der Waals surface area (Å²) in [6, 6.07) is 6.18. The zero-order valence-corrected chi connectivity index (χ0v) is 13.8. The van der Waals surface area contributed by atoms with Crippen LogP contribution < -0.4 is 5.32 Å². The highest BCUT2D eigenvalue weighted by atomic mass is 32.2. The van der Waals surface area contributed by atoms with E-state index in [1.165, 1.54) is 23.9 Å². The van der Waals surface area contributed by atoms with Crippen LogP contribution in [0.5, 0.6) is 0 Å². The Morgan fingerprint density at radius 1 is 1.42 bits per heavy atom. The van der Waals surface area contributed by atoms with E-state index in [2.05, 4.69) is 15.4 Å². The first-order chi connectivity index (χ1) is 11.6. The number of nitrogens with one attached hydrogen (secondary N) is 1. The summed E-state index contributed by atoms with van der Waals surface area (Å²) in [5, 5.41) is 7.81. The highest BCUT2D eigenvalue weighted by Crippen LogP contribution is 2.14. The molecule has 1 N–H and O–H groups in total. The SMILES string of the molecule is Cn1ccnc1SCC(=O)NCc1cnn(-c2cccc(F)c2)c1. The van der Waals surface area contributed by atoms with Crippen molar-refractivity contribution in [2.24, 2.45) is 7.05 Å². The van der Waals surface area contributed by atoms with Crippen molar-refractivity contribution >= 4 is 17.7 Å². The maximum atomic E-state index is 13.2. The molecule has 0 radical (unpaired) electrons. The lowest BCUT2D eigenvalue weighted by Crippen LogP contribution is -2.24. The molecule has 2 heterocycles. The van der Waals surface area contributed by atoms with E-state index >= 15 is 0 Å². The van der Waals surface area contributed by atoms with Crippen molar-refractivity contribution in [3.8, 4) is 5.69 Å². The molecule has 24 heavy (non-hydrogen) atoms. The third-order valence-corrected chi connectivity index (χ3v) is 4.37. The first kappa shape index (κ1) is 16.3. The van der Waals surface area contributed by atoms with E-state index in [0.29, 0.717) is 18.0 Å². The Hall–Kier alpha value is -2.61. The third-order valence-electron chi connectivity index (χ3n) is 3.31. The Balaban J connectivity index is 1.52. The van der Waals surface area contributed by atoms with Gasteiger partial charge in [0.1, 0.15) is 5.82 Å². The lowest BCUT2D eigenvalue weighted by Gasteiger charge is -2.04. The van der Waals surface area contributed by atoms with E-state index in [9.17, 15) is 9.18 Å². The summed E-state index contributed by atoms with van der Waals surface area (Å²) < 4.78 is 16.7. The molecular weight excluding hydrogens is 329 g/mol. The smallest absolute Gasteiger partial charge is 0.230 e. The summed E-state index contributed by atoms with van der Waals surface area (Å²) in [7, 11) is 1.88. The molecule has 6 nitrogen and oxygen atoms in total. The summed E-state index contributed by atoms with van der Waals surface area (Å²) in [6.45, 7) is 0.370. The molecule has 0 aliphatic rings. The number of rotatable bonds is 6. The Bertz CT molecular complexity index is 844. The number of halogens is 1. The number of imidazole rings is 1. The molecule has 8 heteroatoms. The highest BCUT2D eigenvalue weighted by molar-refractivity contribution is 7.99. The van der Waals surface area contributed by atoms with Crippen LogP contribution >= 0.6 is 11.8 Å². The van der Waals surface area contributed by atoms with E-state index in [0.717, 1.165) is 10.7 Å². The molecule has 1 amide bonds. The minimum Gasteiger partial charge on any atom is -0.351 e. The second-order valence-corrected chi connectivity index (χ2v) is 6.10. The molecule has 124 valence electrons. The number of benzene rings is 1. The van der Waals surface area contributed by atoms with Gasteiger partial charge in [-0.15, -0.1) is 0 Å². The van der Waals surface area contributed by atoms with Gasteiger partial charge in [0.25, 0.3) is 0 Å². The molecule has 3 rings (SSSR count). The second kappa shape index (κ2) is 7.31. The fraction of sp³-hybridized carbons (Fsp3) is 0.188. The van der Waals surface area contributed by atoms with Gasteiger partial charge in [0.15, 0.2) is 5.16 Å². The first-order valence-corrected chi connectivity index (χ1v) is 8.27. The minimum absolute atomic E-state index is 0.0819. The molecule has 3 aromatic rings. The summed E-state index contributed by atoms with van der Waals surface area (Å²) >= 11 is 1.38. The van der Waals surface area contributed by atoms with Crippen LogP contribution in [0.1, 0.15) is 5.56 Å². The lowest BCUT2D eigenvalue weighted by atomic mass is 10.3. The normalized spacial score (nSPS) is 10.8. The number of hydrogen-bond acceptors (Lipinski definition) is 4. The van der Waals surface area contributed by atoms with Gasteiger partial charge in [-0.1, -0.05) is 17.8 Å². The molecule has 0 bridgehead atoms. The molecule has 0 fully saturated rings. The minimum atomic E-state index is -0.316. The van der Waals surface area contributed by atoms with Crippen LogP contribution in [-0.2, 0) is 18.4 Å². The van der Waals surface area contributed by atoms with E-state index in [4.69, 9.17) is 0 Å². The van der Waals surface area contributed by atoms with Crippen molar-refractivity contribution in [3.63, 3.8) is 0 Å². The zero-order valence-electron chi connectivity index (χ0n) is 13.0. The maximum absolute atomic E-state index is 13.2. The third kappa shape index (κ3) is 4.02. The van der Waals surface area contributed by atoms with Gasteiger partial charge in [-0.25, -0.2) is 14.1 Å². The van der Waals surface area contributed by atoms with Crippen LogP contribution in [0.3, 0.4) is 0 Å². The molecular formula is C16H16FN5OS. The van der Waals surface area contributed by atoms with Gasteiger partial charge < -0.3 is 9.88 Å². The quantitative estimate of drug-likeness (QED) is 0.695. The number of nitrogens with zero attached hydrogens (tertiary/aromatic N) is 4. The lowest BCUT2D eigenvalue weighted by molar-refractivity contribution is -0.118. The van der Waals surface area contributed by atoms with E-state index in [-0.39, 0.29) is 11.7 Å². The number of carbonyl (C=O) groups excluding carboxylic acids is 1. The van der Waals surface area contributed by atoms with Crippen molar-refractivity contribution in [1.29, 1.82) is 0 Å². The van der Waals surface area contributed by atoms with Crippen LogP contribution in [0, 0.1) is 5.82 Å². The number of hydrogen-bond donors (Lipinski definition) is 1. The van der Waals surface area contributed by atoms with Crippen molar-refractivity contribution in [3.05, 3.63) is 60.4 Å². The average Bonchev–Trinajstić information content (AvgIpc) is 3.20. The molecule has 1 aromatic carbocycles. The number of aromatic nitrogens is 4. The number of carbonyl (C=O) groups is 1. The Labute approximate surface area is 142 Å². The predicted molar refractivity (Wildman–Crippen MR) is 89.3 cm³/mol. The summed E-state index contributed by atoms with van der Waals surface area (Å²) in [5.41, 5.74) is 1.48. The summed E-state index contributed by atoms with van der Waals surface area (Å²) in [5.74, 6) is -0.103. The van der Waals surface area contributed by atoms with Crippen LogP contribution in [0.4, 0.5) is 4.39 Å². The molecule has 0 atom stereocenters. The van der Waals surface area contributed by atoms with Gasteiger partial charge in [-0.2, -0.15) is 5.10 Å². The molecule has 0 saturated heterocycles. The second-order valence-electron chi connectivity index (χ2n) is 5.16. The average molecular weight is 345 g/mol. The van der Waals surface area contributed by atoms with Crippen molar-refractivity contribution in [1.82, 2.24) is 24.6 Å². The Morgan fingerprint density at radius 3 is 3.04 bits per heavy atom. The molecule has 0 spiro atoms. The number of aryl methyl sites for hydroxylation is 1. The van der Waals surface area contributed by atoms with Gasteiger partial charge in [0.2, 0.25) is 5.91 Å². The van der Waals surface area contributed by atoms with Gasteiger partial charge in [-0.05, 0) is 18.2 Å². The molecule has 0 aliphatic heterocycles. The van der Waals surface area contributed by atoms with E-state index in [1.807, 2.05) is 17.8 Å².